The first-order valence-electron chi connectivity index (χ1n) is 7.87. The van der Waals surface area contributed by atoms with Crippen LogP contribution in [0.1, 0.15) is 49.7 Å². The van der Waals surface area contributed by atoms with Crippen LogP contribution in [0.4, 0.5) is 4.39 Å². The maximum Gasteiger partial charge on any atom is 0.216 e. The van der Waals surface area contributed by atoms with Crippen LogP contribution in [0.2, 0.25) is 0 Å². The Bertz CT molecular complexity index is 610. The van der Waals surface area contributed by atoms with Gasteiger partial charge in [-0.1, -0.05) is 50.1 Å². The molecule has 1 aliphatic rings. The maximum atomic E-state index is 13.6. The number of aryl methyl sites for hydroxylation is 1. The van der Waals surface area contributed by atoms with Gasteiger partial charge in [-0.2, -0.15) is 4.39 Å². The molecule has 1 heterocycles. The summed E-state index contributed by atoms with van der Waals surface area (Å²) in [4.78, 5) is 4.03. The molecule has 0 atom stereocenters. The summed E-state index contributed by atoms with van der Waals surface area (Å²) in [6, 6.07) is 12.2. The summed E-state index contributed by atoms with van der Waals surface area (Å²) in [6.07, 6.45) is 5.24. The number of pyridine rings is 1. The summed E-state index contributed by atoms with van der Waals surface area (Å²) in [5, 5.41) is 0. The van der Waals surface area contributed by atoms with Crippen LogP contribution in [0.5, 0.6) is 0 Å². The molecule has 0 N–H and O–H groups in total. The Morgan fingerprint density at radius 1 is 0.952 bits per heavy atom. The van der Waals surface area contributed by atoms with Crippen molar-refractivity contribution in [1.29, 1.82) is 0 Å². The number of halogens is 1. The molecule has 1 saturated carbocycles. The number of hydrogen-bond acceptors (Lipinski definition) is 1. The van der Waals surface area contributed by atoms with E-state index < -0.39 is 0 Å². The Morgan fingerprint density at radius 2 is 1.62 bits per heavy atom. The van der Waals surface area contributed by atoms with Gasteiger partial charge in [0.25, 0.3) is 0 Å². The molecule has 2 aromatic rings. The molecule has 0 unspecified atom stereocenters. The van der Waals surface area contributed by atoms with Crippen LogP contribution in [-0.4, -0.2) is 4.98 Å². The average molecular weight is 283 g/mol. The molecule has 0 aliphatic heterocycles. The van der Waals surface area contributed by atoms with Crippen molar-refractivity contribution in [1.82, 2.24) is 4.98 Å². The minimum absolute atomic E-state index is 0.377. The van der Waals surface area contributed by atoms with E-state index in [0.717, 1.165) is 11.5 Å². The van der Waals surface area contributed by atoms with Crippen molar-refractivity contribution in [3.63, 3.8) is 0 Å². The van der Waals surface area contributed by atoms with Gasteiger partial charge in [-0.05, 0) is 43.2 Å². The topological polar surface area (TPSA) is 12.9 Å². The second kappa shape index (κ2) is 5.97. The number of nitrogens with zero attached hydrogens (tertiary/aromatic N) is 1. The van der Waals surface area contributed by atoms with Gasteiger partial charge in [0.15, 0.2) is 0 Å². The predicted molar refractivity (Wildman–Crippen MR) is 84.7 cm³/mol. The molecule has 0 radical (unpaired) electrons. The number of aromatic nitrogens is 1. The fourth-order valence-corrected chi connectivity index (χ4v) is 3.18. The first-order valence-corrected chi connectivity index (χ1v) is 7.87. The Hall–Kier alpha value is -1.70. The van der Waals surface area contributed by atoms with Gasteiger partial charge in [0, 0.05) is 11.1 Å². The van der Waals surface area contributed by atoms with E-state index >= 15 is 0 Å². The molecule has 1 aromatic heterocycles. The van der Waals surface area contributed by atoms with Gasteiger partial charge in [-0.15, -0.1) is 0 Å². The Morgan fingerprint density at radius 3 is 2.24 bits per heavy atom. The van der Waals surface area contributed by atoms with Crippen molar-refractivity contribution in [3.05, 3.63) is 53.5 Å². The lowest BCUT2D eigenvalue weighted by Crippen LogP contribution is -2.10. The molecule has 0 spiro atoms. The van der Waals surface area contributed by atoms with Crippen molar-refractivity contribution in [2.24, 2.45) is 5.92 Å². The van der Waals surface area contributed by atoms with Crippen molar-refractivity contribution in [2.45, 2.75) is 45.4 Å². The molecule has 1 fully saturated rings. The third kappa shape index (κ3) is 3.15. The van der Waals surface area contributed by atoms with E-state index in [9.17, 15) is 4.39 Å². The number of benzene rings is 1. The highest BCUT2D eigenvalue weighted by Crippen LogP contribution is 2.36. The number of rotatable bonds is 2. The van der Waals surface area contributed by atoms with Crippen LogP contribution < -0.4 is 0 Å². The van der Waals surface area contributed by atoms with E-state index in [-0.39, 0.29) is 5.95 Å². The second-order valence-electron chi connectivity index (χ2n) is 6.38. The lowest BCUT2D eigenvalue weighted by molar-refractivity contribution is 0.348. The minimum Gasteiger partial charge on any atom is -0.219 e. The molecule has 3 rings (SSSR count). The summed E-state index contributed by atoms with van der Waals surface area (Å²) in [5.74, 6) is 1.19. The fourth-order valence-electron chi connectivity index (χ4n) is 3.18. The zero-order valence-electron chi connectivity index (χ0n) is 12.8. The van der Waals surface area contributed by atoms with Crippen molar-refractivity contribution >= 4 is 0 Å². The van der Waals surface area contributed by atoms with Gasteiger partial charge in [-0.3, -0.25) is 0 Å². The fraction of sp³-hybridized carbons (Fsp3) is 0.421. The maximum absolute atomic E-state index is 13.6. The van der Waals surface area contributed by atoms with Gasteiger partial charge < -0.3 is 0 Å². The second-order valence-corrected chi connectivity index (χ2v) is 6.38. The summed E-state index contributed by atoms with van der Waals surface area (Å²) in [5.41, 5.74) is 3.70. The predicted octanol–water partition coefficient (Wildman–Crippen LogP) is 5.49. The van der Waals surface area contributed by atoms with Crippen molar-refractivity contribution in [3.8, 4) is 11.3 Å². The number of hydrogen-bond donors (Lipinski definition) is 0. The third-order valence-corrected chi connectivity index (χ3v) is 4.73. The van der Waals surface area contributed by atoms with Crippen molar-refractivity contribution < 1.29 is 4.39 Å². The van der Waals surface area contributed by atoms with Gasteiger partial charge in [0.2, 0.25) is 5.95 Å². The third-order valence-electron chi connectivity index (χ3n) is 4.73. The molecule has 1 aromatic carbocycles. The van der Waals surface area contributed by atoms with Gasteiger partial charge >= 0.3 is 0 Å². The molecule has 0 saturated heterocycles. The molecular formula is C19H22FN. The molecule has 21 heavy (non-hydrogen) atoms. The zero-order valence-corrected chi connectivity index (χ0v) is 12.8. The normalized spacial score (nSPS) is 22.2. The summed E-state index contributed by atoms with van der Waals surface area (Å²) < 4.78 is 13.6. The average Bonchev–Trinajstić information content (AvgIpc) is 2.51. The Balaban J connectivity index is 1.79. The molecular weight excluding hydrogens is 261 g/mol. The van der Waals surface area contributed by atoms with E-state index in [0.29, 0.717) is 17.2 Å². The van der Waals surface area contributed by atoms with Gasteiger partial charge in [0.1, 0.15) is 0 Å². The van der Waals surface area contributed by atoms with Crippen LogP contribution in [-0.2, 0) is 0 Å². The van der Waals surface area contributed by atoms with Crippen LogP contribution in [0, 0.1) is 18.8 Å². The molecule has 0 bridgehead atoms. The summed E-state index contributed by atoms with van der Waals surface area (Å²) in [7, 11) is 0. The van der Waals surface area contributed by atoms with Crippen LogP contribution in [0.15, 0.2) is 36.4 Å². The Kier molecular flexibility index (Phi) is 4.05. The van der Waals surface area contributed by atoms with Crippen LogP contribution in [0.25, 0.3) is 11.3 Å². The standard InChI is InChI=1S/C19H22FN/c1-13-3-6-15(7-4-13)16-8-10-17(11-9-16)18-12-5-14(2)19(20)21-18/h5,8-13,15H,3-4,6-7H2,1-2H3. The summed E-state index contributed by atoms with van der Waals surface area (Å²) >= 11 is 0. The van der Waals surface area contributed by atoms with E-state index in [2.05, 4.69) is 36.2 Å². The lowest BCUT2D eigenvalue weighted by Gasteiger charge is -2.26. The first kappa shape index (κ1) is 14.2. The van der Waals surface area contributed by atoms with Crippen molar-refractivity contribution in [2.75, 3.05) is 0 Å². The van der Waals surface area contributed by atoms with Gasteiger partial charge in [0.05, 0.1) is 5.69 Å². The van der Waals surface area contributed by atoms with E-state index in [4.69, 9.17) is 0 Å². The minimum atomic E-state index is -0.377. The molecule has 1 aliphatic carbocycles. The monoisotopic (exact) mass is 283 g/mol. The van der Waals surface area contributed by atoms with Crippen LogP contribution in [0.3, 0.4) is 0 Å². The van der Waals surface area contributed by atoms with E-state index in [1.165, 1.54) is 31.2 Å². The SMILES string of the molecule is Cc1ccc(-c2ccc(C3CCC(C)CC3)cc2)nc1F. The highest BCUT2D eigenvalue weighted by atomic mass is 19.1. The summed E-state index contributed by atoms with van der Waals surface area (Å²) in [6.45, 7) is 4.08. The first-order chi connectivity index (χ1) is 10.1. The largest absolute Gasteiger partial charge is 0.219 e. The highest BCUT2D eigenvalue weighted by Gasteiger charge is 2.19. The van der Waals surface area contributed by atoms with Crippen LogP contribution >= 0.6 is 0 Å². The quantitative estimate of drug-likeness (QED) is 0.664. The zero-order chi connectivity index (χ0) is 14.8. The molecule has 0 amide bonds. The Labute approximate surface area is 126 Å². The highest BCUT2D eigenvalue weighted by molar-refractivity contribution is 5.59. The van der Waals surface area contributed by atoms with Gasteiger partial charge in [-0.25, -0.2) is 4.98 Å². The van der Waals surface area contributed by atoms with E-state index in [1.807, 2.05) is 6.07 Å². The molecule has 2 heteroatoms. The smallest absolute Gasteiger partial charge is 0.216 e. The van der Waals surface area contributed by atoms with E-state index in [1.54, 1.807) is 13.0 Å². The lowest BCUT2D eigenvalue weighted by atomic mass is 9.79. The molecule has 110 valence electrons. The molecule has 1 nitrogen and oxygen atoms in total.